The maximum atomic E-state index is 12.4. The van der Waals surface area contributed by atoms with E-state index in [1.165, 1.54) is 0 Å². The second-order valence-electron chi connectivity index (χ2n) is 13.3. The molecule has 0 saturated heterocycles. The highest BCUT2D eigenvalue weighted by atomic mass is 16.3. The van der Waals surface area contributed by atoms with Crippen LogP contribution in [0.25, 0.3) is 0 Å². The topological polar surface area (TPSA) is 74.6 Å². The van der Waals surface area contributed by atoms with Crippen molar-refractivity contribution in [2.45, 2.75) is 94.3 Å². The average molecular weight is 597 g/mol. The predicted molar refractivity (Wildman–Crippen MR) is 185 cm³/mol. The number of carbonyl (C=O) groups is 2. The Labute approximate surface area is 265 Å². The highest BCUT2D eigenvalue weighted by Crippen LogP contribution is 2.40. The molecule has 2 atom stereocenters. The number of aliphatic hydroxyl groups excluding tert-OH is 2. The molecule has 0 spiro atoms. The summed E-state index contributed by atoms with van der Waals surface area (Å²) >= 11 is 0. The van der Waals surface area contributed by atoms with E-state index in [1.54, 1.807) is 6.92 Å². The van der Waals surface area contributed by atoms with E-state index >= 15 is 0 Å². The molecule has 2 aliphatic rings. The van der Waals surface area contributed by atoms with Crippen LogP contribution in [0.2, 0.25) is 0 Å². The van der Waals surface area contributed by atoms with Crippen LogP contribution in [0.3, 0.4) is 0 Å². The Kier molecular flexibility index (Phi) is 13.2. The Balaban J connectivity index is 1.95. The molecule has 0 saturated carbocycles. The smallest absolute Gasteiger partial charge is 0.187 e. The van der Waals surface area contributed by atoms with Gasteiger partial charge in [-0.15, -0.1) is 0 Å². The summed E-state index contributed by atoms with van der Waals surface area (Å²) in [5.41, 5.74) is 7.13. The van der Waals surface area contributed by atoms with Crippen LogP contribution in [0.5, 0.6) is 0 Å². The van der Waals surface area contributed by atoms with Crippen molar-refractivity contribution in [1.29, 1.82) is 0 Å². The molecule has 0 aromatic carbocycles. The summed E-state index contributed by atoms with van der Waals surface area (Å²) in [6.45, 7) is 19.8. The predicted octanol–water partition coefficient (Wildman–Crippen LogP) is 8.91. The largest absolute Gasteiger partial charge is 0.385 e. The normalized spacial score (nSPS) is 24.5. The Bertz CT molecular complexity index is 1450. The van der Waals surface area contributed by atoms with Crippen molar-refractivity contribution < 1.29 is 19.8 Å². The molecule has 4 nitrogen and oxygen atoms in total. The highest BCUT2D eigenvalue weighted by molar-refractivity contribution is 6.00. The molecule has 2 N–H and O–H groups in total. The number of carbonyl (C=O) groups excluding carboxylic acids is 2. The van der Waals surface area contributed by atoms with Gasteiger partial charge in [0.25, 0.3) is 0 Å². The van der Waals surface area contributed by atoms with E-state index in [0.29, 0.717) is 18.4 Å². The summed E-state index contributed by atoms with van der Waals surface area (Å²) in [4.78, 5) is 24.7. The van der Waals surface area contributed by atoms with Gasteiger partial charge >= 0.3 is 0 Å². The minimum Gasteiger partial charge on any atom is -0.385 e. The first-order valence-corrected chi connectivity index (χ1v) is 15.4. The zero-order valence-electron chi connectivity index (χ0n) is 28.4. The molecule has 44 heavy (non-hydrogen) atoms. The van der Waals surface area contributed by atoms with Crippen LogP contribution in [-0.4, -0.2) is 34.0 Å². The first kappa shape index (κ1) is 36.6. The average Bonchev–Trinajstić information content (AvgIpc) is 2.92. The van der Waals surface area contributed by atoms with Crippen molar-refractivity contribution in [3.05, 3.63) is 130 Å². The van der Waals surface area contributed by atoms with Crippen molar-refractivity contribution in [2.24, 2.45) is 10.8 Å². The molecule has 0 amide bonds. The fraction of sp³-hybridized carbons (Fsp3) is 0.400. The number of aliphatic hydroxyl groups is 2. The quantitative estimate of drug-likeness (QED) is 0.247. The Hall–Kier alpha value is -3.60. The number of Topliss-reactive ketones (excluding diaryl/α,β-unsaturated/α-hetero) is 2. The van der Waals surface area contributed by atoms with Crippen molar-refractivity contribution in [1.82, 2.24) is 0 Å². The lowest BCUT2D eigenvalue weighted by atomic mass is 9.70. The zero-order valence-corrected chi connectivity index (χ0v) is 28.4. The monoisotopic (exact) mass is 596 g/mol. The van der Waals surface area contributed by atoms with Crippen molar-refractivity contribution in [2.75, 3.05) is 0 Å². The molecule has 0 fully saturated rings. The van der Waals surface area contributed by atoms with Gasteiger partial charge in [-0.2, -0.15) is 0 Å². The van der Waals surface area contributed by atoms with Crippen molar-refractivity contribution >= 4 is 11.6 Å². The van der Waals surface area contributed by atoms with E-state index in [2.05, 4.69) is 52.0 Å². The molecule has 2 rings (SSSR count). The Morgan fingerprint density at radius 1 is 0.659 bits per heavy atom. The molecule has 0 aliphatic heterocycles. The second-order valence-corrected chi connectivity index (χ2v) is 13.3. The van der Waals surface area contributed by atoms with Gasteiger partial charge in [-0.3, -0.25) is 9.59 Å². The summed E-state index contributed by atoms with van der Waals surface area (Å²) in [5, 5.41) is 20.0. The lowest BCUT2D eigenvalue weighted by Crippen LogP contribution is -2.40. The van der Waals surface area contributed by atoms with Gasteiger partial charge in [0.05, 0.1) is 5.41 Å². The third-order valence-corrected chi connectivity index (χ3v) is 8.35. The summed E-state index contributed by atoms with van der Waals surface area (Å²) in [6, 6.07) is 0. The van der Waals surface area contributed by atoms with Gasteiger partial charge in [0.15, 0.2) is 11.6 Å². The standard InChI is InChI=1S/C40H52O4/c1-27(17-13-19-29(3)21-23-33-31(5)25-35(41)38(44)40(33,9)10)15-11-12-16-28(2)18-14-20-30(4)22-24-34-32(6)37(43)36(42)26-39(34,7)8/h11-24,35-36,41-42H,25-26H2,1-10H3/b12-11+,17-13+,18-14+,23-21+,24-22+,27-15+,28-16+,29-19+,30-20+. The van der Waals surface area contributed by atoms with Crippen LogP contribution in [-0.2, 0) is 9.59 Å². The van der Waals surface area contributed by atoms with Crippen molar-refractivity contribution in [3.63, 3.8) is 0 Å². The molecule has 236 valence electrons. The second kappa shape index (κ2) is 15.9. The summed E-state index contributed by atoms with van der Waals surface area (Å²) in [6.07, 6.45) is 27.5. The highest BCUT2D eigenvalue weighted by Gasteiger charge is 2.40. The number of allylic oxidation sites excluding steroid dienone is 20. The van der Waals surface area contributed by atoms with Gasteiger partial charge in [0, 0.05) is 6.42 Å². The number of hydrogen-bond donors (Lipinski definition) is 2. The molecule has 0 aromatic rings. The summed E-state index contributed by atoms with van der Waals surface area (Å²) in [7, 11) is 0. The van der Waals surface area contributed by atoms with E-state index in [1.807, 2.05) is 95.4 Å². The maximum Gasteiger partial charge on any atom is 0.187 e. The minimum absolute atomic E-state index is 0.120. The Morgan fingerprint density at radius 3 is 1.59 bits per heavy atom. The van der Waals surface area contributed by atoms with Gasteiger partial charge in [-0.1, -0.05) is 127 Å². The third kappa shape index (κ3) is 10.2. The van der Waals surface area contributed by atoms with Crippen LogP contribution in [0.1, 0.15) is 82.1 Å². The molecule has 4 heteroatoms. The SMILES string of the molecule is CC1=C(/C=C/C(C)=C/C=C/C(C)=C/C=C/C=C(C)/C=C/C=C(C)/C=C/C2=C(C)C(=O)C(O)CC2(C)C)C(C)(C)C(=O)C(O)C1. The molecule has 2 unspecified atom stereocenters. The van der Waals surface area contributed by atoms with Gasteiger partial charge in [0.1, 0.15) is 12.2 Å². The van der Waals surface area contributed by atoms with Gasteiger partial charge < -0.3 is 10.2 Å². The van der Waals surface area contributed by atoms with Crippen LogP contribution in [0.15, 0.2) is 130 Å². The van der Waals surface area contributed by atoms with Gasteiger partial charge in [-0.05, 0) is 83.9 Å². The number of hydrogen-bond acceptors (Lipinski definition) is 4. The van der Waals surface area contributed by atoms with E-state index in [-0.39, 0.29) is 17.0 Å². The van der Waals surface area contributed by atoms with Gasteiger partial charge in [-0.25, -0.2) is 0 Å². The lowest BCUT2D eigenvalue weighted by Gasteiger charge is -2.34. The van der Waals surface area contributed by atoms with E-state index in [4.69, 9.17) is 0 Å². The molecule has 0 heterocycles. The van der Waals surface area contributed by atoms with E-state index < -0.39 is 17.6 Å². The number of ketones is 2. The molecule has 2 aliphatic carbocycles. The molecular formula is C40H52O4. The van der Waals surface area contributed by atoms with Crippen LogP contribution in [0, 0.1) is 10.8 Å². The minimum atomic E-state index is -0.907. The molecule has 0 aromatic heterocycles. The first-order chi connectivity index (χ1) is 20.5. The maximum absolute atomic E-state index is 12.4. The summed E-state index contributed by atoms with van der Waals surface area (Å²) < 4.78 is 0. The fourth-order valence-electron chi connectivity index (χ4n) is 5.62. The van der Waals surface area contributed by atoms with Gasteiger partial charge in [0.2, 0.25) is 0 Å². The van der Waals surface area contributed by atoms with Crippen molar-refractivity contribution in [3.8, 4) is 0 Å². The fourth-order valence-corrected chi connectivity index (χ4v) is 5.62. The Morgan fingerprint density at radius 2 is 1.09 bits per heavy atom. The van der Waals surface area contributed by atoms with Crippen LogP contribution >= 0.6 is 0 Å². The lowest BCUT2D eigenvalue weighted by molar-refractivity contribution is -0.134. The number of rotatable bonds is 10. The molecular weight excluding hydrogens is 544 g/mol. The molecule has 0 radical (unpaired) electrons. The molecule has 0 bridgehead atoms. The van der Waals surface area contributed by atoms with Crippen LogP contribution < -0.4 is 0 Å². The first-order valence-electron chi connectivity index (χ1n) is 15.4. The zero-order chi connectivity index (χ0) is 33.2. The third-order valence-electron chi connectivity index (χ3n) is 8.35. The van der Waals surface area contributed by atoms with E-state index in [9.17, 15) is 19.8 Å². The summed E-state index contributed by atoms with van der Waals surface area (Å²) in [5.74, 6) is -0.295. The van der Waals surface area contributed by atoms with Crippen LogP contribution in [0.4, 0.5) is 0 Å². The van der Waals surface area contributed by atoms with E-state index in [0.717, 1.165) is 39.0 Å².